The van der Waals surface area contributed by atoms with Crippen molar-refractivity contribution in [2.24, 2.45) is 0 Å². The van der Waals surface area contributed by atoms with E-state index in [1.54, 1.807) is 29.5 Å². The Hall–Kier alpha value is -1.71. The van der Waals surface area contributed by atoms with E-state index >= 15 is 0 Å². The number of benzene rings is 2. The molecule has 0 aliphatic rings. The lowest BCUT2D eigenvalue weighted by Crippen LogP contribution is -1.94. The van der Waals surface area contributed by atoms with E-state index in [2.05, 4.69) is 0 Å². The SMILES string of the molecule is Oc1cccc2scc(COc3cccc(Cl)c3)c12. The molecule has 0 fully saturated rings. The van der Waals surface area contributed by atoms with E-state index in [-0.39, 0.29) is 0 Å². The van der Waals surface area contributed by atoms with Crippen molar-refractivity contribution in [2.45, 2.75) is 6.61 Å². The number of rotatable bonds is 3. The van der Waals surface area contributed by atoms with Crippen LogP contribution in [0, 0.1) is 0 Å². The number of ether oxygens (including phenoxy) is 1. The normalized spacial score (nSPS) is 10.8. The van der Waals surface area contributed by atoms with E-state index in [4.69, 9.17) is 16.3 Å². The molecule has 2 aromatic carbocycles. The number of halogens is 1. The van der Waals surface area contributed by atoms with Crippen LogP contribution in [0.4, 0.5) is 0 Å². The molecule has 0 bridgehead atoms. The van der Waals surface area contributed by atoms with Crippen LogP contribution >= 0.6 is 22.9 Å². The van der Waals surface area contributed by atoms with Gasteiger partial charge >= 0.3 is 0 Å². The van der Waals surface area contributed by atoms with Gasteiger partial charge < -0.3 is 9.84 Å². The minimum atomic E-state index is 0.295. The van der Waals surface area contributed by atoms with E-state index in [0.717, 1.165) is 21.4 Å². The van der Waals surface area contributed by atoms with E-state index in [1.807, 2.05) is 29.6 Å². The molecule has 3 rings (SSSR count). The molecule has 19 heavy (non-hydrogen) atoms. The molecule has 1 N–H and O–H groups in total. The highest BCUT2D eigenvalue weighted by Gasteiger charge is 2.08. The van der Waals surface area contributed by atoms with Gasteiger partial charge in [0.05, 0.1) is 0 Å². The second-order valence-corrected chi connectivity index (χ2v) is 5.50. The molecular formula is C15H11ClO2S. The summed E-state index contributed by atoms with van der Waals surface area (Å²) >= 11 is 7.51. The number of aromatic hydroxyl groups is 1. The fourth-order valence-electron chi connectivity index (χ4n) is 1.96. The molecule has 0 aliphatic carbocycles. The summed E-state index contributed by atoms with van der Waals surface area (Å²) in [4.78, 5) is 0. The number of hydrogen-bond acceptors (Lipinski definition) is 3. The maximum atomic E-state index is 9.91. The zero-order valence-electron chi connectivity index (χ0n) is 9.97. The predicted octanol–water partition coefficient (Wildman–Crippen LogP) is 4.84. The van der Waals surface area contributed by atoms with Gasteiger partial charge in [-0.15, -0.1) is 11.3 Å². The first kappa shape index (κ1) is 12.3. The Bertz CT molecular complexity index is 721. The van der Waals surface area contributed by atoms with Crippen molar-refractivity contribution >= 4 is 33.0 Å². The molecule has 1 aromatic heterocycles. The van der Waals surface area contributed by atoms with Gasteiger partial charge in [-0.2, -0.15) is 0 Å². The summed E-state index contributed by atoms with van der Waals surface area (Å²) in [7, 11) is 0. The van der Waals surface area contributed by atoms with Gasteiger partial charge in [-0.1, -0.05) is 23.7 Å². The molecule has 0 atom stereocenters. The smallest absolute Gasteiger partial charge is 0.124 e. The summed E-state index contributed by atoms with van der Waals surface area (Å²) in [5.41, 5.74) is 0.984. The lowest BCUT2D eigenvalue weighted by molar-refractivity contribution is 0.308. The molecule has 0 spiro atoms. The van der Waals surface area contributed by atoms with E-state index in [0.29, 0.717) is 17.4 Å². The van der Waals surface area contributed by atoms with Crippen LogP contribution in [0.2, 0.25) is 5.02 Å². The van der Waals surface area contributed by atoms with E-state index in [9.17, 15) is 5.11 Å². The molecule has 0 unspecified atom stereocenters. The minimum absolute atomic E-state index is 0.295. The number of phenolic OH excluding ortho intramolecular Hbond substituents is 1. The van der Waals surface area contributed by atoms with Gasteiger partial charge in [-0.05, 0) is 35.7 Å². The van der Waals surface area contributed by atoms with E-state index in [1.165, 1.54) is 0 Å². The van der Waals surface area contributed by atoms with Crippen molar-refractivity contribution in [2.75, 3.05) is 0 Å². The maximum Gasteiger partial charge on any atom is 0.124 e. The standard InChI is InChI=1S/C15H11ClO2S/c16-11-3-1-4-12(7-11)18-8-10-9-19-14-6-2-5-13(17)15(10)14/h1-7,9,17H,8H2. The van der Waals surface area contributed by atoms with Gasteiger partial charge in [0.2, 0.25) is 0 Å². The highest BCUT2D eigenvalue weighted by atomic mass is 35.5. The largest absolute Gasteiger partial charge is 0.507 e. The van der Waals surface area contributed by atoms with Gasteiger partial charge in [0.1, 0.15) is 18.1 Å². The van der Waals surface area contributed by atoms with Crippen LogP contribution in [0.15, 0.2) is 47.8 Å². The third-order valence-corrected chi connectivity index (χ3v) is 4.08. The summed E-state index contributed by atoms with van der Waals surface area (Å²) in [6.45, 7) is 0.415. The Morgan fingerprint density at radius 1 is 1.16 bits per heavy atom. The maximum absolute atomic E-state index is 9.91. The first-order valence-electron chi connectivity index (χ1n) is 5.80. The summed E-state index contributed by atoms with van der Waals surface area (Å²) in [5, 5.41) is 13.4. The fraction of sp³-hybridized carbons (Fsp3) is 0.0667. The molecule has 1 heterocycles. The summed E-state index contributed by atoms with van der Waals surface area (Å²) < 4.78 is 6.77. The fourth-order valence-corrected chi connectivity index (χ4v) is 3.10. The highest BCUT2D eigenvalue weighted by molar-refractivity contribution is 7.17. The average Bonchev–Trinajstić information content (AvgIpc) is 2.81. The van der Waals surface area contributed by atoms with Crippen LogP contribution in [0.25, 0.3) is 10.1 Å². The van der Waals surface area contributed by atoms with Crippen molar-refractivity contribution < 1.29 is 9.84 Å². The molecular weight excluding hydrogens is 280 g/mol. The monoisotopic (exact) mass is 290 g/mol. The lowest BCUT2D eigenvalue weighted by atomic mass is 10.1. The van der Waals surface area contributed by atoms with Crippen LogP contribution < -0.4 is 4.74 Å². The van der Waals surface area contributed by atoms with Crippen molar-refractivity contribution in [1.82, 2.24) is 0 Å². The van der Waals surface area contributed by atoms with Crippen molar-refractivity contribution in [3.63, 3.8) is 0 Å². The van der Waals surface area contributed by atoms with Crippen molar-refractivity contribution in [3.8, 4) is 11.5 Å². The minimum Gasteiger partial charge on any atom is -0.507 e. The van der Waals surface area contributed by atoms with Crippen LogP contribution in [0.5, 0.6) is 11.5 Å². The Labute approximate surface area is 119 Å². The number of hydrogen-bond donors (Lipinski definition) is 1. The number of phenols is 1. The Balaban J connectivity index is 1.86. The Morgan fingerprint density at radius 3 is 2.84 bits per heavy atom. The lowest BCUT2D eigenvalue weighted by Gasteiger charge is -2.06. The first-order chi connectivity index (χ1) is 9.24. The summed E-state index contributed by atoms with van der Waals surface area (Å²) in [6, 6.07) is 12.8. The summed E-state index contributed by atoms with van der Waals surface area (Å²) in [5.74, 6) is 1.02. The van der Waals surface area contributed by atoms with Crippen LogP contribution in [-0.2, 0) is 6.61 Å². The molecule has 0 radical (unpaired) electrons. The molecule has 2 nitrogen and oxygen atoms in total. The Kier molecular flexibility index (Phi) is 3.32. The third-order valence-electron chi connectivity index (χ3n) is 2.84. The molecule has 3 aromatic rings. The second kappa shape index (κ2) is 5.11. The number of thiophene rings is 1. The average molecular weight is 291 g/mol. The van der Waals surface area contributed by atoms with Crippen LogP contribution in [-0.4, -0.2) is 5.11 Å². The topological polar surface area (TPSA) is 29.5 Å². The Morgan fingerprint density at radius 2 is 2.00 bits per heavy atom. The number of fused-ring (bicyclic) bond motifs is 1. The van der Waals surface area contributed by atoms with E-state index < -0.39 is 0 Å². The van der Waals surface area contributed by atoms with Crippen molar-refractivity contribution in [3.05, 3.63) is 58.4 Å². The van der Waals surface area contributed by atoms with Gasteiger partial charge in [0.25, 0.3) is 0 Å². The van der Waals surface area contributed by atoms with Gasteiger partial charge in [0, 0.05) is 20.7 Å². The van der Waals surface area contributed by atoms with Gasteiger partial charge in [-0.25, -0.2) is 0 Å². The first-order valence-corrected chi connectivity index (χ1v) is 7.06. The highest BCUT2D eigenvalue weighted by Crippen LogP contribution is 2.33. The molecule has 4 heteroatoms. The molecule has 96 valence electrons. The molecule has 0 amide bonds. The van der Waals surface area contributed by atoms with Gasteiger partial charge in [0.15, 0.2) is 0 Å². The summed E-state index contributed by atoms with van der Waals surface area (Å²) in [6.07, 6.45) is 0. The van der Waals surface area contributed by atoms with Crippen LogP contribution in [0.1, 0.15) is 5.56 Å². The van der Waals surface area contributed by atoms with Gasteiger partial charge in [-0.3, -0.25) is 0 Å². The third kappa shape index (κ3) is 2.53. The quantitative estimate of drug-likeness (QED) is 0.748. The van der Waals surface area contributed by atoms with Crippen molar-refractivity contribution in [1.29, 1.82) is 0 Å². The predicted molar refractivity (Wildman–Crippen MR) is 79.3 cm³/mol. The second-order valence-electron chi connectivity index (χ2n) is 4.16. The zero-order chi connectivity index (χ0) is 13.2. The molecule has 0 saturated carbocycles. The zero-order valence-corrected chi connectivity index (χ0v) is 11.5. The molecule has 0 aliphatic heterocycles. The van der Waals surface area contributed by atoms with Crippen LogP contribution in [0.3, 0.4) is 0 Å². The molecule has 0 saturated heterocycles.